The van der Waals surface area contributed by atoms with Crippen LogP contribution in [0.3, 0.4) is 0 Å². The number of aryl methyl sites for hydroxylation is 2. The van der Waals surface area contributed by atoms with Crippen LogP contribution in [0.1, 0.15) is 47.5 Å². The summed E-state index contributed by atoms with van der Waals surface area (Å²) in [6, 6.07) is 5.13. The molecule has 0 unspecified atom stereocenters. The van der Waals surface area contributed by atoms with Gasteiger partial charge in [0.05, 0.1) is 16.0 Å². The summed E-state index contributed by atoms with van der Waals surface area (Å²) in [5.41, 5.74) is -0.286. The molecule has 3 rings (SSSR count). The number of rotatable bonds is 7. The topological polar surface area (TPSA) is 51.2 Å². The van der Waals surface area contributed by atoms with E-state index < -0.39 is 17.2 Å². The SMILES string of the molecule is Cc1csc(CCCCNC(=O)C2(c3cccc(C(F)(F)F)c3)CCOCC2)n1. The Morgan fingerprint density at radius 2 is 2.03 bits per heavy atom. The van der Waals surface area contributed by atoms with Crippen molar-refractivity contribution in [2.24, 2.45) is 0 Å². The maximum Gasteiger partial charge on any atom is 0.416 e. The first-order valence-corrected chi connectivity index (χ1v) is 10.6. The van der Waals surface area contributed by atoms with Crippen molar-refractivity contribution in [3.63, 3.8) is 0 Å². The van der Waals surface area contributed by atoms with Crippen LogP contribution in [0.5, 0.6) is 0 Å². The molecule has 1 aliphatic rings. The fourth-order valence-corrected chi connectivity index (χ4v) is 4.47. The summed E-state index contributed by atoms with van der Waals surface area (Å²) in [6.07, 6.45) is -1.14. The van der Waals surface area contributed by atoms with Gasteiger partial charge in [-0.2, -0.15) is 13.2 Å². The molecule has 4 nitrogen and oxygen atoms in total. The molecule has 1 N–H and O–H groups in total. The number of aromatic nitrogens is 1. The number of carbonyl (C=O) groups is 1. The molecule has 8 heteroatoms. The largest absolute Gasteiger partial charge is 0.416 e. The standard InChI is InChI=1S/C21H25F3N2O2S/c1-15-14-29-18(26-15)7-2-3-10-25-19(27)20(8-11-28-12-9-20)16-5-4-6-17(13-16)21(22,23)24/h4-6,13-14H,2-3,7-12H2,1H3,(H,25,27). The lowest BCUT2D eigenvalue weighted by molar-refractivity contribution is -0.138. The summed E-state index contributed by atoms with van der Waals surface area (Å²) < 4.78 is 44.9. The second kappa shape index (κ2) is 9.26. The van der Waals surface area contributed by atoms with Crippen molar-refractivity contribution in [1.29, 1.82) is 0 Å². The molecule has 1 saturated heterocycles. The Balaban J connectivity index is 1.64. The fraction of sp³-hybridized carbons (Fsp3) is 0.524. The zero-order valence-corrected chi connectivity index (χ0v) is 17.2. The molecule has 0 spiro atoms. The second-order valence-corrected chi connectivity index (χ2v) is 8.31. The van der Waals surface area contributed by atoms with Crippen molar-refractivity contribution in [3.8, 4) is 0 Å². The molecule has 1 amide bonds. The summed E-state index contributed by atoms with van der Waals surface area (Å²) in [7, 11) is 0. The Morgan fingerprint density at radius 3 is 2.69 bits per heavy atom. The highest BCUT2D eigenvalue weighted by Gasteiger charge is 2.42. The van der Waals surface area contributed by atoms with Crippen LogP contribution in [0.2, 0.25) is 0 Å². The molecule has 29 heavy (non-hydrogen) atoms. The predicted molar refractivity (Wildman–Crippen MR) is 106 cm³/mol. The molecule has 0 radical (unpaired) electrons. The van der Waals surface area contributed by atoms with Crippen molar-refractivity contribution in [2.75, 3.05) is 19.8 Å². The number of hydrogen-bond acceptors (Lipinski definition) is 4. The summed E-state index contributed by atoms with van der Waals surface area (Å²) in [6.45, 7) is 3.16. The van der Waals surface area contributed by atoms with Gasteiger partial charge >= 0.3 is 6.18 Å². The van der Waals surface area contributed by atoms with Crippen LogP contribution >= 0.6 is 11.3 Å². The summed E-state index contributed by atoms with van der Waals surface area (Å²) in [5.74, 6) is -0.217. The van der Waals surface area contributed by atoms with Gasteiger partial charge in [-0.25, -0.2) is 4.98 Å². The average Bonchev–Trinajstić information content (AvgIpc) is 3.12. The minimum Gasteiger partial charge on any atom is -0.381 e. The van der Waals surface area contributed by atoms with Gasteiger partial charge in [0.15, 0.2) is 0 Å². The third kappa shape index (κ3) is 5.36. The van der Waals surface area contributed by atoms with Crippen LogP contribution in [0.15, 0.2) is 29.6 Å². The van der Waals surface area contributed by atoms with E-state index in [1.54, 1.807) is 17.4 Å². The number of carbonyl (C=O) groups excluding carboxylic acids is 1. The molecule has 158 valence electrons. The van der Waals surface area contributed by atoms with Crippen molar-refractivity contribution in [2.45, 2.75) is 50.6 Å². The zero-order chi connectivity index (χ0) is 20.9. The third-order valence-electron chi connectivity index (χ3n) is 5.29. The number of nitrogens with one attached hydrogen (secondary N) is 1. The van der Waals surface area contributed by atoms with Crippen LogP contribution < -0.4 is 5.32 Å². The highest BCUT2D eigenvalue weighted by Crippen LogP contribution is 2.38. The van der Waals surface area contributed by atoms with Crippen molar-refractivity contribution in [3.05, 3.63) is 51.5 Å². The number of ether oxygens (including phenoxy) is 1. The maximum absolute atomic E-state index is 13.2. The summed E-state index contributed by atoms with van der Waals surface area (Å²) >= 11 is 1.63. The molecule has 1 aromatic carbocycles. The Kier molecular flexibility index (Phi) is 6.95. The van der Waals surface area contributed by atoms with Gasteiger partial charge in [0.25, 0.3) is 0 Å². The Morgan fingerprint density at radius 1 is 1.28 bits per heavy atom. The van der Waals surface area contributed by atoms with Gasteiger partial charge in [-0.1, -0.05) is 18.2 Å². The van der Waals surface area contributed by atoms with Crippen LogP contribution in [0, 0.1) is 6.92 Å². The van der Waals surface area contributed by atoms with Crippen LogP contribution in [-0.2, 0) is 27.5 Å². The van der Waals surface area contributed by atoms with E-state index in [0.29, 0.717) is 38.2 Å². The van der Waals surface area contributed by atoms with Crippen LogP contribution in [0.25, 0.3) is 0 Å². The van der Waals surface area contributed by atoms with E-state index in [1.807, 2.05) is 12.3 Å². The molecule has 0 saturated carbocycles. The van der Waals surface area contributed by atoms with Gasteiger partial charge in [0.2, 0.25) is 5.91 Å². The average molecular weight is 427 g/mol. The van der Waals surface area contributed by atoms with E-state index in [4.69, 9.17) is 4.74 Å². The molecule has 0 atom stereocenters. The van der Waals surface area contributed by atoms with Crippen LogP contribution in [0.4, 0.5) is 13.2 Å². The minimum absolute atomic E-state index is 0.217. The molecular weight excluding hydrogens is 401 g/mol. The van der Waals surface area contributed by atoms with E-state index in [-0.39, 0.29) is 5.91 Å². The summed E-state index contributed by atoms with van der Waals surface area (Å²) in [5, 5.41) is 6.05. The van der Waals surface area contributed by atoms with Crippen LogP contribution in [-0.4, -0.2) is 30.6 Å². The van der Waals surface area contributed by atoms with E-state index in [0.717, 1.165) is 42.1 Å². The Labute approximate surface area is 172 Å². The quantitative estimate of drug-likeness (QED) is 0.656. The summed E-state index contributed by atoms with van der Waals surface area (Å²) in [4.78, 5) is 17.5. The highest BCUT2D eigenvalue weighted by molar-refractivity contribution is 7.09. The molecular formula is C21H25F3N2O2S. The molecule has 1 aliphatic heterocycles. The predicted octanol–water partition coefficient (Wildman–Crippen LogP) is 4.66. The van der Waals surface area contributed by atoms with E-state index in [2.05, 4.69) is 10.3 Å². The zero-order valence-electron chi connectivity index (χ0n) is 16.3. The maximum atomic E-state index is 13.2. The number of benzene rings is 1. The van der Waals surface area contributed by atoms with Crippen molar-refractivity contribution < 1.29 is 22.7 Å². The Bertz CT molecular complexity index is 829. The fourth-order valence-electron chi connectivity index (χ4n) is 3.65. The first kappa shape index (κ1) is 21.8. The number of amides is 1. The normalized spacial score (nSPS) is 16.6. The van der Waals surface area contributed by atoms with Gasteiger partial charge in [-0.3, -0.25) is 4.79 Å². The molecule has 1 aromatic heterocycles. The lowest BCUT2D eigenvalue weighted by Crippen LogP contribution is -2.48. The number of hydrogen-bond donors (Lipinski definition) is 1. The van der Waals surface area contributed by atoms with Gasteiger partial charge < -0.3 is 10.1 Å². The van der Waals surface area contributed by atoms with Crippen molar-refractivity contribution >= 4 is 17.2 Å². The Hall–Kier alpha value is -1.93. The second-order valence-electron chi connectivity index (χ2n) is 7.37. The van der Waals surface area contributed by atoms with E-state index in [1.165, 1.54) is 6.07 Å². The van der Waals surface area contributed by atoms with Gasteiger partial charge in [0, 0.05) is 30.8 Å². The number of unbranched alkanes of at least 4 members (excludes halogenated alkanes) is 1. The smallest absolute Gasteiger partial charge is 0.381 e. The minimum atomic E-state index is -4.44. The van der Waals surface area contributed by atoms with E-state index in [9.17, 15) is 18.0 Å². The van der Waals surface area contributed by atoms with E-state index >= 15 is 0 Å². The lowest BCUT2D eigenvalue weighted by Gasteiger charge is -2.36. The molecule has 0 aliphatic carbocycles. The number of alkyl halides is 3. The molecule has 1 fully saturated rings. The van der Waals surface area contributed by atoms with Gasteiger partial charge in [-0.05, 0) is 50.7 Å². The molecule has 2 heterocycles. The number of halogens is 3. The molecule has 2 aromatic rings. The van der Waals surface area contributed by atoms with Gasteiger partial charge in [0.1, 0.15) is 0 Å². The van der Waals surface area contributed by atoms with Crippen molar-refractivity contribution in [1.82, 2.24) is 10.3 Å². The monoisotopic (exact) mass is 426 g/mol. The third-order valence-corrected chi connectivity index (χ3v) is 6.32. The number of thiazole rings is 1. The number of nitrogens with zero attached hydrogens (tertiary/aromatic N) is 1. The lowest BCUT2D eigenvalue weighted by atomic mass is 9.73. The first-order chi connectivity index (χ1) is 13.8. The first-order valence-electron chi connectivity index (χ1n) is 9.76. The highest BCUT2D eigenvalue weighted by atomic mass is 32.1. The van der Waals surface area contributed by atoms with Gasteiger partial charge in [-0.15, -0.1) is 11.3 Å². The molecule has 0 bridgehead atoms.